The van der Waals surface area contributed by atoms with E-state index in [1.54, 1.807) is 0 Å². The number of fused-ring (bicyclic) bond motifs is 2. The van der Waals surface area contributed by atoms with Crippen molar-refractivity contribution in [2.45, 2.75) is 33.4 Å². The maximum absolute atomic E-state index is 13.6. The van der Waals surface area contributed by atoms with Gasteiger partial charge in [-0.25, -0.2) is 4.79 Å². The van der Waals surface area contributed by atoms with Crippen molar-refractivity contribution in [1.82, 2.24) is 0 Å². The quantitative estimate of drug-likeness (QED) is 0.0692. The standard InChI is InChI=1S/C37H30N4O17S4.4Na/c1-17-3-5-21(11-27(17)35(44)40-29-13-23(59(47,48)49)7-19-9-25(61(53,54)55)15-31(42)33(19)29)38-37(46)39-22-6-4-18(2)28(12-22)36(45)41-30-14-24(60(50,51)52)8-20-10-26(62(56,57)58)16-32(43)34(20)30;;;;/h3-16,42-43H,1-2H3,(H,40,44)(H,41,45)(H2,38,39,46)(H,47,48,49)(H,50,51,52)(H,53,54,55)(H,56,57,58);;;;. The fourth-order valence-corrected chi connectivity index (χ4v) is 8.39. The van der Waals surface area contributed by atoms with E-state index >= 15 is 0 Å². The third-order valence-corrected chi connectivity index (χ3v) is 12.4. The minimum absolute atomic E-state index is 0. The van der Waals surface area contributed by atoms with Crippen molar-refractivity contribution in [1.29, 1.82) is 0 Å². The first-order valence-corrected chi connectivity index (χ1v) is 22.8. The number of aryl methyl sites for hydroxylation is 2. The van der Waals surface area contributed by atoms with Crippen LogP contribution in [-0.4, -0.2) is 198 Å². The van der Waals surface area contributed by atoms with E-state index in [-0.39, 0.29) is 162 Å². The van der Waals surface area contributed by atoms with Gasteiger partial charge in [-0.2, -0.15) is 33.7 Å². The Hall–Kier alpha value is -2.71. The molecule has 0 aliphatic heterocycles. The van der Waals surface area contributed by atoms with Crippen LogP contribution in [0.3, 0.4) is 0 Å². The first-order chi connectivity index (χ1) is 28.6. The molecule has 0 saturated carbocycles. The van der Waals surface area contributed by atoms with Gasteiger partial charge in [-0.15, -0.1) is 0 Å². The number of carbonyl (C=O) groups is 3. The summed E-state index contributed by atoms with van der Waals surface area (Å²) in [6.07, 6.45) is 0. The van der Waals surface area contributed by atoms with Crippen LogP contribution in [0.2, 0.25) is 0 Å². The molecule has 0 heterocycles. The molecule has 0 spiro atoms. The average Bonchev–Trinajstić information content (AvgIpc) is 3.14. The van der Waals surface area contributed by atoms with Gasteiger partial charge in [0.15, 0.2) is 0 Å². The predicted molar refractivity (Wildman–Crippen MR) is 244 cm³/mol. The smallest absolute Gasteiger partial charge is 0.323 e. The van der Waals surface area contributed by atoms with Crippen molar-refractivity contribution in [3.63, 3.8) is 0 Å². The number of amides is 4. The molecular formula is C37H30N4Na4O17S4. The van der Waals surface area contributed by atoms with Gasteiger partial charge in [-0.05, 0) is 96.4 Å². The molecule has 0 bridgehead atoms. The fraction of sp³-hybridized carbons (Fsp3) is 0.0541. The van der Waals surface area contributed by atoms with Crippen LogP contribution in [0, 0.1) is 13.8 Å². The zero-order valence-corrected chi connectivity index (χ0v) is 46.7. The number of benzene rings is 6. The summed E-state index contributed by atoms with van der Waals surface area (Å²) in [5, 5.41) is 30.0. The number of aromatic hydroxyl groups is 2. The second-order valence-corrected chi connectivity index (χ2v) is 19.2. The molecule has 0 atom stereocenters. The van der Waals surface area contributed by atoms with Crippen molar-refractivity contribution < 1.29 is 76.5 Å². The molecule has 4 radical (unpaired) electrons. The average molecular weight is 1020 g/mol. The van der Waals surface area contributed by atoms with Crippen LogP contribution in [0.5, 0.6) is 11.5 Å². The van der Waals surface area contributed by atoms with Gasteiger partial charge < -0.3 is 31.5 Å². The third-order valence-electron chi connectivity index (χ3n) is 9.12. The maximum Gasteiger partial charge on any atom is 0.323 e. The minimum Gasteiger partial charge on any atom is -0.507 e. The van der Waals surface area contributed by atoms with Crippen LogP contribution < -0.4 is 21.3 Å². The largest absolute Gasteiger partial charge is 0.507 e. The molecule has 29 heteroatoms. The number of anilines is 4. The van der Waals surface area contributed by atoms with Crippen molar-refractivity contribution in [2.24, 2.45) is 0 Å². The number of phenolic OH excluding ortho intramolecular Hbond substituents is 2. The Labute approximate surface area is 464 Å². The van der Waals surface area contributed by atoms with Gasteiger partial charge in [0.2, 0.25) is 0 Å². The van der Waals surface area contributed by atoms with Crippen LogP contribution in [0.15, 0.2) is 105 Å². The van der Waals surface area contributed by atoms with Gasteiger partial charge in [-0.3, -0.25) is 27.8 Å². The van der Waals surface area contributed by atoms with E-state index in [9.17, 15) is 76.5 Å². The number of phenols is 2. The first kappa shape index (κ1) is 59.4. The van der Waals surface area contributed by atoms with Crippen LogP contribution >= 0.6 is 0 Å². The van der Waals surface area contributed by atoms with E-state index in [1.807, 2.05) is 0 Å². The topological polar surface area (TPSA) is 357 Å². The summed E-state index contributed by atoms with van der Waals surface area (Å²) in [5.41, 5.74) is -0.250. The Bertz CT molecular complexity index is 3200. The zero-order chi connectivity index (χ0) is 45.9. The molecule has 21 nitrogen and oxygen atoms in total. The molecule has 6 aromatic carbocycles. The van der Waals surface area contributed by atoms with E-state index in [0.29, 0.717) is 23.3 Å². The second-order valence-electron chi connectivity index (χ2n) is 13.5. The van der Waals surface area contributed by atoms with Crippen molar-refractivity contribution >= 4 is 221 Å². The van der Waals surface area contributed by atoms with Gasteiger partial charge in [0.1, 0.15) is 11.5 Å². The number of hydrogen-bond donors (Lipinski definition) is 10. The SMILES string of the molecule is Cc1ccc(NC(=O)Nc2ccc(C)c(C(=O)Nc3cc(S(=O)(=O)O)cc4cc(S(=O)(=O)O)cc(O)c34)c2)cc1C(=O)Nc1cc(S(=O)(=O)O)cc2cc(S(=O)(=O)O)cc(O)c12.[Na].[Na].[Na].[Na]. The normalized spacial score (nSPS) is 11.5. The van der Waals surface area contributed by atoms with E-state index in [2.05, 4.69) is 21.3 Å². The number of urea groups is 1. The number of hydrogen-bond acceptors (Lipinski definition) is 13. The van der Waals surface area contributed by atoms with Crippen LogP contribution in [0.1, 0.15) is 31.8 Å². The summed E-state index contributed by atoms with van der Waals surface area (Å²) in [7, 11) is -19.7. The van der Waals surface area contributed by atoms with E-state index in [1.165, 1.54) is 50.2 Å². The first-order valence-electron chi connectivity index (χ1n) is 17.0. The Balaban J connectivity index is 0.00000374. The zero-order valence-electron chi connectivity index (χ0n) is 35.4. The Morgan fingerprint density at radius 3 is 1.00 bits per heavy atom. The Morgan fingerprint density at radius 2 is 0.712 bits per heavy atom. The molecule has 328 valence electrons. The van der Waals surface area contributed by atoms with E-state index < -0.39 is 101 Å². The number of rotatable bonds is 10. The molecule has 6 rings (SSSR count). The maximum atomic E-state index is 13.6. The molecule has 0 aliphatic rings. The monoisotopic (exact) mass is 1020 g/mol. The van der Waals surface area contributed by atoms with E-state index in [0.717, 1.165) is 36.4 Å². The van der Waals surface area contributed by atoms with Crippen LogP contribution in [0.4, 0.5) is 27.5 Å². The Kier molecular flexibility index (Phi) is 20.1. The molecule has 0 aromatic heterocycles. The molecule has 10 N–H and O–H groups in total. The van der Waals surface area contributed by atoms with Crippen molar-refractivity contribution in [2.75, 3.05) is 21.3 Å². The minimum atomic E-state index is -4.96. The summed E-state index contributed by atoms with van der Waals surface area (Å²) in [4.78, 5) is 37.1. The summed E-state index contributed by atoms with van der Waals surface area (Å²) in [6, 6.07) is 13.4. The molecule has 0 fully saturated rings. The summed E-state index contributed by atoms with van der Waals surface area (Å²) >= 11 is 0. The summed E-state index contributed by atoms with van der Waals surface area (Å²) in [5.74, 6) is -3.42. The third kappa shape index (κ3) is 13.7. The van der Waals surface area contributed by atoms with Gasteiger partial charge in [0, 0.05) is 164 Å². The van der Waals surface area contributed by atoms with Crippen LogP contribution in [0.25, 0.3) is 21.5 Å². The molecule has 0 saturated heterocycles. The summed E-state index contributed by atoms with van der Waals surface area (Å²) in [6.45, 7) is 3.03. The van der Waals surface area contributed by atoms with Crippen LogP contribution in [-0.2, 0) is 40.5 Å². The number of carbonyl (C=O) groups excluding carboxylic acids is 3. The van der Waals surface area contributed by atoms with Gasteiger partial charge in [-0.1, -0.05) is 12.1 Å². The number of nitrogens with one attached hydrogen (secondary N) is 4. The molecule has 0 aliphatic carbocycles. The second kappa shape index (κ2) is 22.4. The van der Waals surface area contributed by atoms with Crippen molar-refractivity contribution in [3.05, 3.63) is 107 Å². The van der Waals surface area contributed by atoms with Gasteiger partial charge in [0.05, 0.1) is 31.0 Å². The van der Waals surface area contributed by atoms with Crippen molar-refractivity contribution in [3.8, 4) is 11.5 Å². The van der Waals surface area contributed by atoms with E-state index in [4.69, 9.17) is 0 Å². The molecule has 6 aromatic rings. The van der Waals surface area contributed by atoms with Gasteiger partial charge >= 0.3 is 6.03 Å². The molecule has 0 unspecified atom stereocenters. The summed E-state index contributed by atoms with van der Waals surface area (Å²) < 4.78 is 134. The molecular weight excluding hydrogens is 993 g/mol. The Morgan fingerprint density at radius 1 is 0.424 bits per heavy atom. The molecule has 66 heavy (non-hydrogen) atoms. The predicted octanol–water partition coefficient (Wildman–Crippen LogP) is 3.63. The fourth-order valence-electron chi connectivity index (χ4n) is 6.23. The van der Waals surface area contributed by atoms with Gasteiger partial charge in [0.25, 0.3) is 52.3 Å². The molecule has 4 amide bonds.